The minimum Gasteiger partial charge on any atom is -0.504 e. The van der Waals surface area contributed by atoms with Crippen molar-refractivity contribution in [3.05, 3.63) is 53.3 Å². The SMILES string of the molecule is COc1cc(C(C)Nc2cc(C)ccc2F)ccc1O. The lowest BCUT2D eigenvalue weighted by Crippen LogP contribution is -2.08. The summed E-state index contributed by atoms with van der Waals surface area (Å²) < 4.78 is 18.8. The molecule has 0 amide bonds. The summed E-state index contributed by atoms with van der Waals surface area (Å²) in [4.78, 5) is 0. The molecule has 4 heteroatoms. The molecule has 1 unspecified atom stereocenters. The molecule has 0 saturated carbocycles. The average Bonchev–Trinajstić information content (AvgIpc) is 2.43. The van der Waals surface area contributed by atoms with Crippen LogP contribution in [0.2, 0.25) is 0 Å². The fraction of sp³-hybridized carbons (Fsp3) is 0.250. The monoisotopic (exact) mass is 275 g/mol. The van der Waals surface area contributed by atoms with Gasteiger partial charge in [0.15, 0.2) is 11.5 Å². The van der Waals surface area contributed by atoms with Crippen molar-refractivity contribution >= 4 is 5.69 Å². The Bertz CT molecular complexity index is 613. The maximum atomic E-state index is 13.7. The lowest BCUT2D eigenvalue weighted by molar-refractivity contribution is 0.373. The maximum Gasteiger partial charge on any atom is 0.160 e. The van der Waals surface area contributed by atoms with E-state index < -0.39 is 0 Å². The summed E-state index contributed by atoms with van der Waals surface area (Å²) in [5.74, 6) is 0.208. The van der Waals surface area contributed by atoms with Gasteiger partial charge in [0, 0.05) is 6.04 Å². The predicted octanol–water partition coefficient (Wildman–Crippen LogP) is 4.02. The molecule has 0 fully saturated rings. The Morgan fingerprint density at radius 1 is 1.20 bits per heavy atom. The van der Waals surface area contributed by atoms with Crippen LogP contribution in [0.5, 0.6) is 11.5 Å². The Morgan fingerprint density at radius 3 is 2.65 bits per heavy atom. The van der Waals surface area contributed by atoms with Crippen LogP contribution in [0.3, 0.4) is 0 Å². The van der Waals surface area contributed by atoms with Crippen molar-refractivity contribution < 1.29 is 14.2 Å². The molecule has 0 radical (unpaired) electrons. The van der Waals surface area contributed by atoms with Crippen LogP contribution in [0, 0.1) is 12.7 Å². The first-order chi connectivity index (χ1) is 9.51. The normalized spacial score (nSPS) is 12.0. The first-order valence-corrected chi connectivity index (χ1v) is 6.41. The first-order valence-electron chi connectivity index (χ1n) is 6.41. The van der Waals surface area contributed by atoms with Crippen LogP contribution in [-0.4, -0.2) is 12.2 Å². The van der Waals surface area contributed by atoms with E-state index in [1.54, 1.807) is 30.3 Å². The average molecular weight is 275 g/mol. The first kappa shape index (κ1) is 14.2. The van der Waals surface area contributed by atoms with Gasteiger partial charge in [0.2, 0.25) is 0 Å². The van der Waals surface area contributed by atoms with Crippen molar-refractivity contribution in [3.8, 4) is 11.5 Å². The second-order valence-corrected chi connectivity index (χ2v) is 4.78. The molecule has 0 aliphatic rings. The highest BCUT2D eigenvalue weighted by Gasteiger charge is 2.11. The number of anilines is 1. The maximum absolute atomic E-state index is 13.7. The van der Waals surface area contributed by atoms with Crippen LogP contribution in [-0.2, 0) is 0 Å². The van der Waals surface area contributed by atoms with E-state index in [1.165, 1.54) is 13.2 Å². The van der Waals surface area contributed by atoms with Crippen LogP contribution < -0.4 is 10.1 Å². The molecule has 2 aromatic carbocycles. The third kappa shape index (κ3) is 3.02. The number of halogens is 1. The van der Waals surface area contributed by atoms with E-state index in [9.17, 15) is 9.50 Å². The molecule has 0 bridgehead atoms. The number of nitrogens with one attached hydrogen (secondary N) is 1. The molecular weight excluding hydrogens is 257 g/mol. The number of hydrogen-bond donors (Lipinski definition) is 2. The number of hydrogen-bond acceptors (Lipinski definition) is 3. The van der Waals surface area contributed by atoms with Gasteiger partial charge in [-0.15, -0.1) is 0 Å². The van der Waals surface area contributed by atoms with Gasteiger partial charge in [0.1, 0.15) is 5.82 Å². The summed E-state index contributed by atoms with van der Waals surface area (Å²) in [5.41, 5.74) is 2.36. The minimum atomic E-state index is -0.284. The summed E-state index contributed by atoms with van der Waals surface area (Å²) in [6.45, 7) is 3.84. The third-order valence-electron chi connectivity index (χ3n) is 3.20. The Hall–Kier alpha value is -2.23. The molecule has 2 N–H and O–H groups in total. The smallest absolute Gasteiger partial charge is 0.160 e. The van der Waals surface area contributed by atoms with Crippen molar-refractivity contribution in [1.82, 2.24) is 0 Å². The summed E-state index contributed by atoms with van der Waals surface area (Å²) >= 11 is 0. The number of ether oxygens (including phenoxy) is 1. The fourth-order valence-electron chi connectivity index (χ4n) is 2.03. The topological polar surface area (TPSA) is 41.5 Å². The van der Waals surface area contributed by atoms with E-state index in [0.29, 0.717) is 11.4 Å². The van der Waals surface area contributed by atoms with Gasteiger partial charge in [-0.1, -0.05) is 12.1 Å². The van der Waals surface area contributed by atoms with Gasteiger partial charge in [-0.2, -0.15) is 0 Å². The highest BCUT2D eigenvalue weighted by molar-refractivity contribution is 5.50. The number of methoxy groups -OCH3 is 1. The fourth-order valence-corrected chi connectivity index (χ4v) is 2.03. The van der Waals surface area contributed by atoms with Crippen molar-refractivity contribution in [2.45, 2.75) is 19.9 Å². The van der Waals surface area contributed by atoms with Gasteiger partial charge >= 0.3 is 0 Å². The van der Waals surface area contributed by atoms with Crippen LogP contribution in [0.4, 0.5) is 10.1 Å². The molecule has 20 heavy (non-hydrogen) atoms. The van der Waals surface area contributed by atoms with Crippen LogP contribution in [0.25, 0.3) is 0 Å². The zero-order valence-corrected chi connectivity index (χ0v) is 11.8. The van der Waals surface area contributed by atoms with Crippen molar-refractivity contribution in [2.75, 3.05) is 12.4 Å². The van der Waals surface area contributed by atoms with E-state index in [2.05, 4.69) is 5.32 Å². The molecule has 0 aromatic heterocycles. The Morgan fingerprint density at radius 2 is 1.95 bits per heavy atom. The summed E-state index contributed by atoms with van der Waals surface area (Å²) in [6, 6.07) is 9.92. The number of rotatable bonds is 4. The van der Waals surface area contributed by atoms with Crippen LogP contribution in [0.1, 0.15) is 24.1 Å². The number of aryl methyl sites for hydroxylation is 1. The van der Waals surface area contributed by atoms with Gasteiger partial charge in [-0.25, -0.2) is 4.39 Å². The van der Waals surface area contributed by atoms with E-state index in [4.69, 9.17) is 4.74 Å². The summed E-state index contributed by atoms with van der Waals surface area (Å²) in [5, 5.41) is 12.7. The molecule has 3 nitrogen and oxygen atoms in total. The zero-order valence-electron chi connectivity index (χ0n) is 11.8. The van der Waals surface area contributed by atoms with Gasteiger partial charge < -0.3 is 15.2 Å². The molecule has 0 spiro atoms. The number of benzene rings is 2. The van der Waals surface area contributed by atoms with Gasteiger partial charge in [-0.3, -0.25) is 0 Å². The second-order valence-electron chi connectivity index (χ2n) is 4.78. The molecular formula is C16H18FNO2. The molecule has 106 valence electrons. The molecule has 1 atom stereocenters. The van der Waals surface area contributed by atoms with Crippen molar-refractivity contribution in [1.29, 1.82) is 0 Å². The summed E-state index contributed by atoms with van der Waals surface area (Å²) in [7, 11) is 1.50. The lowest BCUT2D eigenvalue weighted by atomic mass is 10.1. The zero-order chi connectivity index (χ0) is 14.7. The van der Waals surface area contributed by atoms with Crippen LogP contribution >= 0.6 is 0 Å². The standard InChI is InChI=1S/C16H18FNO2/c1-10-4-6-13(17)14(8-10)18-11(2)12-5-7-15(19)16(9-12)20-3/h4-9,11,18-19H,1-3H3. The quantitative estimate of drug-likeness (QED) is 0.885. The van der Waals surface area contributed by atoms with E-state index in [-0.39, 0.29) is 17.6 Å². The highest BCUT2D eigenvalue weighted by atomic mass is 19.1. The summed E-state index contributed by atoms with van der Waals surface area (Å²) in [6.07, 6.45) is 0. The number of aromatic hydroxyl groups is 1. The lowest BCUT2D eigenvalue weighted by Gasteiger charge is -2.17. The van der Waals surface area contributed by atoms with Crippen molar-refractivity contribution in [3.63, 3.8) is 0 Å². The molecule has 0 saturated heterocycles. The Labute approximate surface area is 118 Å². The Balaban J connectivity index is 2.23. The van der Waals surface area contributed by atoms with E-state index in [0.717, 1.165) is 11.1 Å². The van der Waals surface area contributed by atoms with Gasteiger partial charge in [0.25, 0.3) is 0 Å². The van der Waals surface area contributed by atoms with Crippen LogP contribution in [0.15, 0.2) is 36.4 Å². The van der Waals surface area contributed by atoms with E-state index >= 15 is 0 Å². The number of phenols is 1. The Kier molecular flexibility index (Phi) is 4.13. The third-order valence-corrected chi connectivity index (χ3v) is 3.20. The van der Waals surface area contributed by atoms with Gasteiger partial charge in [0.05, 0.1) is 12.8 Å². The number of phenolic OH excluding ortho intramolecular Hbond substituents is 1. The second kappa shape index (κ2) is 5.82. The molecule has 0 aliphatic carbocycles. The predicted molar refractivity (Wildman–Crippen MR) is 77.8 cm³/mol. The molecule has 2 rings (SSSR count). The molecule has 0 aliphatic heterocycles. The van der Waals surface area contributed by atoms with Crippen molar-refractivity contribution in [2.24, 2.45) is 0 Å². The molecule has 2 aromatic rings. The minimum absolute atomic E-state index is 0.0881. The highest BCUT2D eigenvalue weighted by Crippen LogP contribution is 2.30. The molecule has 0 heterocycles. The van der Waals surface area contributed by atoms with E-state index in [1.807, 2.05) is 13.8 Å². The van der Waals surface area contributed by atoms with Gasteiger partial charge in [-0.05, 0) is 49.2 Å². The largest absolute Gasteiger partial charge is 0.504 e.